The Bertz CT molecular complexity index is 1160. The molecule has 1 fully saturated rings. The Morgan fingerprint density at radius 2 is 1.50 bits per heavy atom. The summed E-state index contributed by atoms with van der Waals surface area (Å²) in [4.78, 5) is 38.4. The number of hydrogen-bond donors (Lipinski definition) is 1. The summed E-state index contributed by atoms with van der Waals surface area (Å²) in [5.41, 5.74) is 2.41. The van der Waals surface area contributed by atoms with Crippen LogP contribution in [0, 0.1) is 0 Å². The summed E-state index contributed by atoms with van der Waals surface area (Å²) in [5, 5.41) is 2.24. The fraction of sp³-hybridized carbons (Fsp3) is 0.115. The molecule has 3 aromatic rings. The van der Waals surface area contributed by atoms with Gasteiger partial charge in [0.1, 0.15) is 17.4 Å². The largest absolute Gasteiger partial charge is 0.486 e. The van der Waals surface area contributed by atoms with E-state index in [0.717, 1.165) is 16.0 Å². The lowest BCUT2D eigenvalue weighted by Gasteiger charge is -2.26. The predicted molar refractivity (Wildman–Crippen MR) is 120 cm³/mol. The number of nitrogens with one attached hydrogen (secondary N) is 1. The number of amides is 4. The fourth-order valence-electron chi connectivity index (χ4n) is 3.41. The van der Waals surface area contributed by atoms with Crippen molar-refractivity contribution < 1.29 is 19.1 Å². The summed E-state index contributed by atoms with van der Waals surface area (Å²) in [6.45, 7) is 2.05. The molecule has 0 aliphatic carbocycles. The number of carbonyl (C=O) groups is 3. The lowest BCUT2D eigenvalue weighted by Crippen LogP contribution is -2.53. The van der Waals surface area contributed by atoms with Crippen molar-refractivity contribution in [2.75, 3.05) is 0 Å². The van der Waals surface area contributed by atoms with E-state index in [9.17, 15) is 14.4 Å². The van der Waals surface area contributed by atoms with E-state index in [1.807, 2.05) is 67.6 Å². The van der Waals surface area contributed by atoms with Crippen LogP contribution in [0.25, 0.3) is 6.08 Å². The first kappa shape index (κ1) is 21.1. The highest BCUT2D eigenvalue weighted by Crippen LogP contribution is 2.23. The van der Waals surface area contributed by atoms with E-state index in [0.29, 0.717) is 11.3 Å². The van der Waals surface area contributed by atoms with Crippen molar-refractivity contribution in [1.82, 2.24) is 10.2 Å². The van der Waals surface area contributed by atoms with Crippen molar-refractivity contribution in [2.24, 2.45) is 0 Å². The van der Waals surface area contributed by atoms with E-state index in [-0.39, 0.29) is 18.2 Å². The third-order valence-corrected chi connectivity index (χ3v) is 5.14. The molecule has 4 rings (SSSR count). The molecule has 1 aliphatic heterocycles. The van der Waals surface area contributed by atoms with Crippen molar-refractivity contribution in [2.45, 2.75) is 19.6 Å². The van der Waals surface area contributed by atoms with Gasteiger partial charge in [0, 0.05) is 0 Å². The van der Waals surface area contributed by atoms with E-state index in [1.54, 1.807) is 24.3 Å². The molecule has 1 aliphatic rings. The van der Waals surface area contributed by atoms with Crippen LogP contribution < -0.4 is 10.1 Å². The third kappa shape index (κ3) is 4.75. The van der Waals surface area contributed by atoms with Gasteiger partial charge >= 0.3 is 6.03 Å². The van der Waals surface area contributed by atoms with E-state index in [1.165, 1.54) is 6.08 Å². The molecule has 0 radical (unpaired) electrons. The molecule has 4 amide bonds. The van der Waals surface area contributed by atoms with Crippen molar-refractivity contribution >= 4 is 23.9 Å². The van der Waals surface area contributed by atoms with E-state index < -0.39 is 17.8 Å². The Labute approximate surface area is 186 Å². The monoisotopic (exact) mass is 426 g/mol. The molecule has 0 saturated carbocycles. The van der Waals surface area contributed by atoms with Gasteiger partial charge in [-0.2, -0.15) is 0 Å². The van der Waals surface area contributed by atoms with Gasteiger partial charge in [-0.1, -0.05) is 72.8 Å². The zero-order chi connectivity index (χ0) is 22.5. The predicted octanol–water partition coefficient (Wildman–Crippen LogP) is 4.49. The molecule has 32 heavy (non-hydrogen) atoms. The number of ether oxygens (including phenoxy) is 1. The average Bonchev–Trinajstić information content (AvgIpc) is 2.82. The standard InChI is InChI=1S/C26H22N2O4/c1-18(21-10-6-3-7-11-21)32-22-14-12-19(13-15-22)16-23-24(29)27-26(31)28(25(23)30)17-20-8-4-2-5-9-20/h2-16,18H,17H2,1H3,(H,27,29,31)/b23-16+/t18-/m0/s1. The zero-order valence-corrected chi connectivity index (χ0v) is 17.5. The molecule has 6 heteroatoms. The Hall–Kier alpha value is -4.19. The lowest BCUT2D eigenvalue weighted by atomic mass is 10.1. The molecule has 0 spiro atoms. The van der Waals surface area contributed by atoms with Crippen LogP contribution in [0.5, 0.6) is 5.75 Å². The molecule has 0 unspecified atom stereocenters. The van der Waals surface area contributed by atoms with Crippen LogP contribution in [0.3, 0.4) is 0 Å². The van der Waals surface area contributed by atoms with Crippen molar-refractivity contribution in [3.63, 3.8) is 0 Å². The number of barbiturate groups is 1. The molecule has 1 saturated heterocycles. The van der Waals surface area contributed by atoms with Gasteiger partial charge in [-0.3, -0.25) is 19.8 Å². The molecule has 1 heterocycles. The van der Waals surface area contributed by atoms with Crippen LogP contribution in [0.2, 0.25) is 0 Å². The van der Waals surface area contributed by atoms with Gasteiger partial charge in [0.2, 0.25) is 0 Å². The second-order valence-electron chi connectivity index (χ2n) is 7.43. The number of nitrogens with zero attached hydrogens (tertiary/aromatic N) is 1. The smallest absolute Gasteiger partial charge is 0.331 e. The topological polar surface area (TPSA) is 75.7 Å². The zero-order valence-electron chi connectivity index (χ0n) is 17.5. The second kappa shape index (κ2) is 9.31. The highest BCUT2D eigenvalue weighted by Gasteiger charge is 2.35. The van der Waals surface area contributed by atoms with Crippen LogP contribution in [0.1, 0.15) is 29.7 Å². The molecule has 0 bridgehead atoms. The van der Waals surface area contributed by atoms with Crippen LogP contribution in [-0.4, -0.2) is 22.7 Å². The Balaban J connectivity index is 1.49. The fourth-order valence-corrected chi connectivity index (χ4v) is 3.41. The van der Waals surface area contributed by atoms with Gasteiger partial charge in [0.25, 0.3) is 11.8 Å². The molecule has 1 atom stereocenters. The summed E-state index contributed by atoms with van der Waals surface area (Å²) < 4.78 is 5.97. The molecule has 3 aromatic carbocycles. The van der Waals surface area contributed by atoms with Gasteiger partial charge in [-0.15, -0.1) is 0 Å². The molecule has 1 N–H and O–H groups in total. The number of urea groups is 1. The average molecular weight is 426 g/mol. The van der Waals surface area contributed by atoms with E-state index in [2.05, 4.69) is 5.32 Å². The van der Waals surface area contributed by atoms with Gasteiger partial charge in [0.15, 0.2) is 0 Å². The van der Waals surface area contributed by atoms with Crippen LogP contribution in [0.15, 0.2) is 90.5 Å². The Morgan fingerprint density at radius 1 is 0.875 bits per heavy atom. The maximum Gasteiger partial charge on any atom is 0.331 e. The van der Waals surface area contributed by atoms with E-state index >= 15 is 0 Å². The first-order valence-electron chi connectivity index (χ1n) is 10.3. The first-order valence-corrected chi connectivity index (χ1v) is 10.3. The quantitative estimate of drug-likeness (QED) is 0.466. The van der Waals surface area contributed by atoms with Gasteiger partial charge in [-0.05, 0) is 41.8 Å². The molecule has 6 nitrogen and oxygen atoms in total. The molecule has 160 valence electrons. The van der Waals surface area contributed by atoms with Gasteiger partial charge in [-0.25, -0.2) is 4.79 Å². The van der Waals surface area contributed by atoms with Gasteiger partial charge < -0.3 is 4.74 Å². The summed E-state index contributed by atoms with van der Waals surface area (Å²) in [6, 6.07) is 25.4. The minimum atomic E-state index is -0.723. The number of hydrogen-bond acceptors (Lipinski definition) is 4. The van der Waals surface area contributed by atoms with Crippen molar-refractivity contribution in [1.29, 1.82) is 0 Å². The second-order valence-corrected chi connectivity index (χ2v) is 7.43. The number of benzene rings is 3. The SMILES string of the molecule is C[C@H](Oc1ccc(/C=C2\C(=O)NC(=O)N(Cc3ccccc3)C2=O)cc1)c1ccccc1. The number of carbonyl (C=O) groups excluding carboxylic acids is 3. The normalized spacial score (nSPS) is 16.1. The van der Waals surface area contributed by atoms with Crippen LogP contribution in [0.4, 0.5) is 4.79 Å². The van der Waals surface area contributed by atoms with Crippen molar-refractivity contribution in [3.05, 3.63) is 107 Å². The van der Waals surface area contributed by atoms with E-state index in [4.69, 9.17) is 4.74 Å². The van der Waals surface area contributed by atoms with Crippen LogP contribution >= 0.6 is 0 Å². The summed E-state index contributed by atoms with van der Waals surface area (Å²) in [7, 11) is 0. The van der Waals surface area contributed by atoms with Crippen LogP contribution in [-0.2, 0) is 16.1 Å². The molecular formula is C26H22N2O4. The minimum absolute atomic E-state index is 0.0836. The highest BCUT2D eigenvalue weighted by atomic mass is 16.5. The summed E-state index contributed by atoms with van der Waals surface area (Å²) >= 11 is 0. The lowest BCUT2D eigenvalue weighted by molar-refractivity contribution is -0.130. The maximum absolute atomic E-state index is 12.9. The number of rotatable bonds is 6. The summed E-state index contributed by atoms with van der Waals surface area (Å²) in [6.07, 6.45) is 1.36. The van der Waals surface area contributed by atoms with Crippen molar-refractivity contribution in [3.8, 4) is 5.75 Å². The summed E-state index contributed by atoms with van der Waals surface area (Å²) in [5.74, 6) is -0.660. The highest BCUT2D eigenvalue weighted by molar-refractivity contribution is 6.30. The molecular weight excluding hydrogens is 404 g/mol. The Kier molecular flexibility index (Phi) is 6.12. The van der Waals surface area contributed by atoms with Gasteiger partial charge in [0.05, 0.1) is 6.54 Å². The first-order chi connectivity index (χ1) is 15.5. The minimum Gasteiger partial charge on any atom is -0.486 e. The maximum atomic E-state index is 12.9. The molecule has 0 aromatic heterocycles. The third-order valence-electron chi connectivity index (χ3n) is 5.14. The number of imide groups is 2. The Morgan fingerprint density at radius 3 is 2.16 bits per heavy atom.